The zero-order valence-corrected chi connectivity index (χ0v) is 12.1. The standard InChI is InChI=1S/C14H13ClN2O3/c1-7-8(2)16-14(17-13(7)15)9-4-10(18-3)12-11(5-9)19-6-20-12/h4-5H,6H2,1-3H3. The van der Waals surface area contributed by atoms with Gasteiger partial charge in [-0.2, -0.15) is 0 Å². The van der Waals surface area contributed by atoms with Crippen LogP contribution in [0, 0.1) is 13.8 Å². The molecule has 0 unspecified atom stereocenters. The number of hydrogen-bond acceptors (Lipinski definition) is 5. The van der Waals surface area contributed by atoms with Crippen LogP contribution in [0.25, 0.3) is 11.4 Å². The summed E-state index contributed by atoms with van der Waals surface area (Å²) in [7, 11) is 1.58. The predicted molar refractivity (Wildman–Crippen MR) is 74.6 cm³/mol. The molecule has 0 amide bonds. The van der Waals surface area contributed by atoms with Gasteiger partial charge in [0.2, 0.25) is 12.5 Å². The molecule has 0 bridgehead atoms. The summed E-state index contributed by atoms with van der Waals surface area (Å²) in [4.78, 5) is 8.76. The highest BCUT2D eigenvalue weighted by Gasteiger charge is 2.21. The number of rotatable bonds is 2. The number of fused-ring (bicyclic) bond motifs is 1. The van der Waals surface area contributed by atoms with E-state index in [0.717, 1.165) is 16.8 Å². The number of aromatic nitrogens is 2. The number of nitrogens with zero attached hydrogens (tertiary/aromatic N) is 2. The number of benzene rings is 1. The molecule has 3 rings (SSSR count). The van der Waals surface area contributed by atoms with Crippen LogP contribution in [0.5, 0.6) is 17.2 Å². The van der Waals surface area contributed by atoms with E-state index in [-0.39, 0.29) is 6.79 Å². The van der Waals surface area contributed by atoms with Crippen molar-refractivity contribution in [2.75, 3.05) is 13.9 Å². The highest BCUT2D eigenvalue weighted by molar-refractivity contribution is 6.30. The quantitative estimate of drug-likeness (QED) is 0.796. The summed E-state index contributed by atoms with van der Waals surface area (Å²) < 4.78 is 16.1. The van der Waals surface area contributed by atoms with Gasteiger partial charge in [0, 0.05) is 16.8 Å². The second kappa shape index (κ2) is 4.83. The molecule has 5 nitrogen and oxygen atoms in total. The summed E-state index contributed by atoms with van der Waals surface area (Å²) in [6, 6.07) is 3.64. The summed E-state index contributed by atoms with van der Waals surface area (Å²) in [5.74, 6) is 2.35. The highest BCUT2D eigenvalue weighted by Crippen LogP contribution is 2.43. The zero-order chi connectivity index (χ0) is 14.3. The van der Waals surface area contributed by atoms with E-state index >= 15 is 0 Å². The Labute approximate surface area is 121 Å². The van der Waals surface area contributed by atoms with E-state index in [1.54, 1.807) is 7.11 Å². The van der Waals surface area contributed by atoms with Gasteiger partial charge in [-0.25, -0.2) is 9.97 Å². The molecule has 0 fully saturated rings. The minimum absolute atomic E-state index is 0.184. The molecule has 2 heterocycles. The predicted octanol–water partition coefficient (Wildman–Crippen LogP) is 3.15. The molecule has 1 aromatic heterocycles. The van der Waals surface area contributed by atoms with Crippen LogP contribution >= 0.6 is 11.6 Å². The third kappa shape index (κ3) is 2.04. The Morgan fingerprint density at radius 2 is 2.00 bits per heavy atom. The second-order valence-electron chi connectivity index (χ2n) is 4.46. The Balaban J connectivity index is 2.16. The van der Waals surface area contributed by atoms with Crippen LogP contribution < -0.4 is 14.2 Å². The van der Waals surface area contributed by atoms with Gasteiger partial charge < -0.3 is 14.2 Å². The molecule has 6 heteroatoms. The molecule has 0 N–H and O–H groups in total. The first kappa shape index (κ1) is 13.0. The maximum absolute atomic E-state index is 6.12. The van der Waals surface area contributed by atoms with E-state index in [4.69, 9.17) is 25.8 Å². The zero-order valence-electron chi connectivity index (χ0n) is 11.4. The second-order valence-corrected chi connectivity index (χ2v) is 4.82. The largest absolute Gasteiger partial charge is 0.493 e. The van der Waals surface area contributed by atoms with Crippen LogP contribution in [0.15, 0.2) is 12.1 Å². The van der Waals surface area contributed by atoms with Crippen LogP contribution in [0.4, 0.5) is 0 Å². The summed E-state index contributed by atoms with van der Waals surface area (Å²) in [6.45, 7) is 3.97. The lowest BCUT2D eigenvalue weighted by Crippen LogP contribution is -1.97. The van der Waals surface area contributed by atoms with E-state index in [1.807, 2.05) is 26.0 Å². The number of hydrogen-bond donors (Lipinski definition) is 0. The molecule has 0 aliphatic carbocycles. The molecule has 1 aliphatic heterocycles. The Hall–Kier alpha value is -2.01. The Morgan fingerprint density at radius 1 is 1.20 bits per heavy atom. The van der Waals surface area contributed by atoms with Crippen molar-refractivity contribution in [1.29, 1.82) is 0 Å². The molecular formula is C14H13ClN2O3. The maximum Gasteiger partial charge on any atom is 0.231 e. The molecule has 0 saturated carbocycles. The van der Waals surface area contributed by atoms with E-state index in [9.17, 15) is 0 Å². The molecule has 0 radical (unpaired) electrons. The van der Waals surface area contributed by atoms with Crippen LogP contribution in [0.2, 0.25) is 5.15 Å². The minimum Gasteiger partial charge on any atom is -0.493 e. The molecule has 0 atom stereocenters. The average Bonchev–Trinajstić information content (AvgIpc) is 2.91. The smallest absolute Gasteiger partial charge is 0.231 e. The van der Waals surface area contributed by atoms with Gasteiger partial charge in [-0.15, -0.1) is 0 Å². The normalized spacial score (nSPS) is 12.6. The molecule has 0 spiro atoms. The number of aryl methyl sites for hydroxylation is 1. The first-order valence-corrected chi connectivity index (χ1v) is 6.46. The van der Waals surface area contributed by atoms with Crippen LogP contribution in [0.3, 0.4) is 0 Å². The fourth-order valence-corrected chi connectivity index (χ4v) is 2.20. The lowest BCUT2D eigenvalue weighted by molar-refractivity contribution is 0.171. The van der Waals surface area contributed by atoms with Gasteiger partial charge in [0.25, 0.3) is 0 Å². The van der Waals surface area contributed by atoms with Gasteiger partial charge in [-0.3, -0.25) is 0 Å². The Morgan fingerprint density at radius 3 is 2.70 bits per heavy atom. The van der Waals surface area contributed by atoms with Gasteiger partial charge in [0.15, 0.2) is 17.3 Å². The third-order valence-electron chi connectivity index (χ3n) is 3.25. The minimum atomic E-state index is 0.184. The Bertz CT molecular complexity index is 665. The van der Waals surface area contributed by atoms with Gasteiger partial charge in [0.1, 0.15) is 5.15 Å². The van der Waals surface area contributed by atoms with Crippen molar-refractivity contribution < 1.29 is 14.2 Å². The van der Waals surface area contributed by atoms with E-state index in [0.29, 0.717) is 28.2 Å². The fraction of sp³-hybridized carbons (Fsp3) is 0.286. The van der Waals surface area contributed by atoms with Gasteiger partial charge in [-0.05, 0) is 26.0 Å². The SMILES string of the molecule is COc1cc(-c2nc(C)c(C)c(Cl)n2)cc2c1OCO2. The van der Waals surface area contributed by atoms with Gasteiger partial charge in [0.05, 0.1) is 7.11 Å². The maximum atomic E-state index is 6.12. The van der Waals surface area contributed by atoms with Crippen molar-refractivity contribution in [3.05, 3.63) is 28.5 Å². The Kier molecular flexibility index (Phi) is 3.14. The molecule has 104 valence electrons. The fourth-order valence-electron chi connectivity index (χ4n) is 1.98. The van der Waals surface area contributed by atoms with Crippen LogP contribution in [-0.2, 0) is 0 Å². The van der Waals surface area contributed by atoms with Crippen molar-refractivity contribution >= 4 is 11.6 Å². The molecule has 20 heavy (non-hydrogen) atoms. The van der Waals surface area contributed by atoms with Gasteiger partial charge >= 0.3 is 0 Å². The first-order chi connectivity index (χ1) is 9.60. The average molecular weight is 293 g/mol. The number of ether oxygens (including phenoxy) is 3. The van der Waals surface area contributed by atoms with Crippen molar-refractivity contribution in [2.45, 2.75) is 13.8 Å². The third-order valence-corrected chi connectivity index (χ3v) is 3.61. The lowest BCUT2D eigenvalue weighted by Gasteiger charge is -2.09. The molecule has 0 saturated heterocycles. The van der Waals surface area contributed by atoms with Crippen molar-refractivity contribution in [2.24, 2.45) is 0 Å². The van der Waals surface area contributed by atoms with Crippen LogP contribution in [-0.4, -0.2) is 23.9 Å². The summed E-state index contributed by atoms with van der Waals surface area (Å²) >= 11 is 6.12. The van der Waals surface area contributed by atoms with Crippen molar-refractivity contribution in [3.8, 4) is 28.6 Å². The first-order valence-electron chi connectivity index (χ1n) is 6.09. The van der Waals surface area contributed by atoms with E-state index in [1.165, 1.54) is 0 Å². The van der Waals surface area contributed by atoms with Crippen molar-refractivity contribution in [1.82, 2.24) is 9.97 Å². The number of halogens is 1. The van der Waals surface area contributed by atoms with Crippen LogP contribution in [0.1, 0.15) is 11.3 Å². The molecular weight excluding hydrogens is 280 g/mol. The molecule has 1 aliphatic rings. The van der Waals surface area contributed by atoms with E-state index < -0.39 is 0 Å². The summed E-state index contributed by atoms with van der Waals surface area (Å²) in [5, 5.41) is 0.448. The topological polar surface area (TPSA) is 53.5 Å². The highest BCUT2D eigenvalue weighted by atomic mass is 35.5. The number of methoxy groups -OCH3 is 1. The molecule has 2 aromatic rings. The van der Waals surface area contributed by atoms with E-state index in [2.05, 4.69) is 9.97 Å². The lowest BCUT2D eigenvalue weighted by atomic mass is 10.1. The molecule has 1 aromatic carbocycles. The summed E-state index contributed by atoms with van der Waals surface area (Å²) in [5.41, 5.74) is 2.50. The monoisotopic (exact) mass is 292 g/mol. The van der Waals surface area contributed by atoms with Crippen molar-refractivity contribution in [3.63, 3.8) is 0 Å². The van der Waals surface area contributed by atoms with Gasteiger partial charge in [-0.1, -0.05) is 11.6 Å². The summed E-state index contributed by atoms with van der Waals surface area (Å²) in [6.07, 6.45) is 0.